The quantitative estimate of drug-likeness (QED) is 0.139. The van der Waals surface area contributed by atoms with Gasteiger partial charge in [-0.25, -0.2) is 0 Å². The van der Waals surface area contributed by atoms with Crippen molar-refractivity contribution in [3.05, 3.63) is 249 Å². The maximum absolute atomic E-state index is 2.41. The molecule has 0 radical (unpaired) electrons. The van der Waals surface area contributed by atoms with Gasteiger partial charge < -0.3 is 4.90 Å². The third kappa shape index (κ3) is 6.63. The van der Waals surface area contributed by atoms with Crippen molar-refractivity contribution < 1.29 is 0 Å². The fraction of sp³-hybridized carbons (Fsp3) is 0. The second-order valence-corrected chi connectivity index (χ2v) is 15.6. The molecule has 0 unspecified atom stereocenters. The van der Waals surface area contributed by atoms with Gasteiger partial charge in [-0.3, -0.25) is 0 Å². The summed E-state index contributed by atoms with van der Waals surface area (Å²) in [6, 6.07) is 90.4. The molecular weight excluding hydrogens is 735 g/mol. The lowest BCUT2D eigenvalue weighted by atomic mass is 9.85. The van der Waals surface area contributed by atoms with E-state index in [-0.39, 0.29) is 0 Å². The van der Waals surface area contributed by atoms with Crippen molar-refractivity contribution in [2.24, 2.45) is 0 Å². The van der Waals surface area contributed by atoms with Crippen LogP contribution in [-0.4, -0.2) is 0 Å². The average molecular weight is 776 g/mol. The van der Waals surface area contributed by atoms with Gasteiger partial charge in [0.1, 0.15) is 0 Å². The van der Waals surface area contributed by atoms with E-state index in [1.165, 1.54) is 88.0 Å². The zero-order valence-corrected chi connectivity index (χ0v) is 33.6. The molecule has 0 aliphatic carbocycles. The first-order valence-electron chi connectivity index (χ1n) is 21.0. The lowest BCUT2D eigenvalue weighted by Gasteiger charge is -2.27. The van der Waals surface area contributed by atoms with Gasteiger partial charge >= 0.3 is 0 Å². The molecule has 11 aromatic carbocycles. The molecule has 61 heavy (non-hydrogen) atoms. The highest BCUT2D eigenvalue weighted by molar-refractivity contribution is 6.21. The zero-order chi connectivity index (χ0) is 40.5. The molecule has 0 bridgehead atoms. The minimum atomic E-state index is 1.08. The zero-order valence-electron chi connectivity index (χ0n) is 33.6. The molecule has 0 aliphatic heterocycles. The molecule has 0 aromatic heterocycles. The highest BCUT2D eigenvalue weighted by Crippen LogP contribution is 2.47. The Morgan fingerprint density at radius 2 is 0.639 bits per heavy atom. The monoisotopic (exact) mass is 775 g/mol. The lowest BCUT2D eigenvalue weighted by molar-refractivity contribution is 1.28. The van der Waals surface area contributed by atoms with Crippen LogP contribution in [0.3, 0.4) is 0 Å². The Labute approximate surface area is 357 Å². The van der Waals surface area contributed by atoms with Gasteiger partial charge in [0.25, 0.3) is 0 Å². The summed E-state index contributed by atoms with van der Waals surface area (Å²) in [6.07, 6.45) is 0. The summed E-state index contributed by atoms with van der Waals surface area (Å²) in [5.74, 6) is 0. The number of nitrogens with zero attached hydrogens (tertiary/aromatic N) is 1. The Bertz CT molecular complexity index is 3330. The second kappa shape index (κ2) is 15.6. The number of hydrogen-bond donors (Lipinski definition) is 0. The Kier molecular flexibility index (Phi) is 9.26. The minimum Gasteiger partial charge on any atom is -0.310 e. The van der Waals surface area contributed by atoms with E-state index in [0.29, 0.717) is 0 Å². The number of anilines is 3. The third-order valence-corrected chi connectivity index (χ3v) is 12.0. The van der Waals surface area contributed by atoms with E-state index in [9.17, 15) is 0 Å². The van der Waals surface area contributed by atoms with E-state index in [4.69, 9.17) is 0 Å². The smallest absolute Gasteiger partial charge is 0.0467 e. The van der Waals surface area contributed by atoms with Crippen LogP contribution >= 0.6 is 0 Å². The first-order valence-corrected chi connectivity index (χ1v) is 21.0. The van der Waals surface area contributed by atoms with E-state index >= 15 is 0 Å². The van der Waals surface area contributed by atoms with Gasteiger partial charge in [0.2, 0.25) is 0 Å². The topological polar surface area (TPSA) is 3.24 Å². The highest BCUT2D eigenvalue weighted by Gasteiger charge is 2.20. The van der Waals surface area contributed by atoms with E-state index in [1.54, 1.807) is 0 Å². The molecule has 1 heteroatoms. The van der Waals surface area contributed by atoms with Crippen LogP contribution in [0.25, 0.3) is 88.0 Å². The van der Waals surface area contributed by atoms with Crippen LogP contribution in [0.15, 0.2) is 249 Å². The van der Waals surface area contributed by atoms with Gasteiger partial charge in [-0.05, 0) is 124 Å². The van der Waals surface area contributed by atoms with Crippen molar-refractivity contribution >= 4 is 49.4 Å². The predicted octanol–water partition coefficient (Wildman–Crippen LogP) is 17.0. The fourth-order valence-corrected chi connectivity index (χ4v) is 9.28. The van der Waals surface area contributed by atoms with Crippen LogP contribution in [0.1, 0.15) is 0 Å². The highest BCUT2D eigenvalue weighted by atomic mass is 15.1. The van der Waals surface area contributed by atoms with Gasteiger partial charge in [-0.2, -0.15) is 0 Å². The summed E-state index contributed by atoms with van der Waals surface area (Å²) in [4.78, 5) is 2.41. The van der Waals surface area contributed by atoms with Crippen LogP contribution in [-0.2, 0) is 0 Å². The molecule has 0 amide bonds. The van der Waals surface area contributed by atoms with Crippen LogP contribution in [0, 0.1) is 0 Å². The molecule has 11 aromatic rings. The molecule has 0 saturated heterocycles. The molecule has 0 aliphatic rings. The van der Waals surface area contributed by atoms with Crippen molar-refractivity contribution in [2.75, 3.05) is 4.90 Å². The Morgan fingerprint density at radius 3 is 1.23 bits per heavy atom. The maximum Gasteiger partial charge on any atom is 0.0467 e. The molecular formula is C60H41N. The molecule has 0 heterocycles. The van der Waals surface area contributed by atoms with Crippen LogP contribution < -0.4 is 4.90 Å². The van der Waals surface area contributed by atoms with Crippen molar-refractivity contribution in [1.82, 2.24) is 0 Å². The lowest BCUT2D eigenvalue weighted by Crippen LogP contribution is -2.10. The van der Waals surface area contributed by atoms with E-state index in [2.05, 4.69) is 254 Å². The van der Waals surface area contributed by atoms with Crippen LogP contribution in [0.4, 0.5) is 17.1 Å². The summed E-state index contributed by atoms with van der Waals surface area (Å²) in [7, 11) is 0. The number of rotatable bonds is 8. The fourth-order valence-electron chi connectivity index (χ4n) is 9.28. The SMILES string of the molecule is c1ccc(-c2ccc(N(c3cccc(-c4c(-c5ccccc5)c5ccccc5c5ccccc45)c3)c3cccc(-c4cccc5cccc(-c6ccccc6)c45)c3)cc2)cc1. The number of benzene rings is 11. The van der Waals surface area contributed by atoms with Crippen LogP contribution in [0.2, 0.25) is 0 Å². The Balaban J connectivity index is 1.13. The van der Waals surface area contributed by atoms with Crippen molar-refractivity contribution in [1.29, 1.82) is 0 Å². The Hall–Kier alpha value is -8.00. The largest absolute Gasteiger partial charge is 0.310 e. The molecule has 0 N–H and O–H groups in total. The molecule has 0 saturated carbocycles. The Morgan fingerprint density at radius 1 is 0.230 bits per heavy atom. The van der Waals surface area contributed by atoms with Crippen molar-refractivity contribution in [3.63, 3.8) is 0 Å². The molecule has 0 atom stereocenters. The summed E-state index contributed by atoms with van der Waals surface area (Å²) in [5.41, 5.74) is 15.3. The van der Waals surface area contributed by atoms with Crippen molar-refractivity contribution in [2.45, 2.75) is 0 Å². The standard InChI is InChI=1S/C60H41N/c1-4-18-42(19-5-1)43-36-38-49(39-37-43)61(50-28-14-26-47(40-50)53-35-17-25-45-24-16-34-52(58(45)53)44-20-6-2-7-21-44)51-29-15-27-48(41-51)60-57-33-13-11-31-55(57)54-30-10-12-32-56(54)59(60)46-22-8-3-9-23-46/h1-41H. The summed E-state index contributed by atoms with van der Waals surface area (Å²) in [5, 5.41) is 7.48. The van der Waals surface area contributed by atoms with Gasteiger partial charge in [0, 0.05) is 17.1 Å². The van der Waals surface area contributed by atoms with Crippen LogP contribution in [0.5, 0.6) is 0 Å². The summed E-state index contributed by atoms with van der Waals surface area (Å²) >= 11 is 0. The molecule has 11 rings (SSSR count). The maximum atomic E-state index is 2.41. The summed E-state index contributed by atoms with van der Waals surface area (Å²) in [6.45, 7) is 0. The minimum absolute atomic E-state index is 1.08. The normalized spacial score (nSPS) is 11.3. The second-order valence-electron chi connectivity index (χ2n) is 15.6. The van der Waals surface area contributed by atoms with Gasteiger partial charge in [0.15, 0.2) is 0 Å². The number of fused-ring (bicyclic) bond motifs is 4. The summed E-state index contributed by atoms with van der Waals surface area (Å²) < 4.78 is 0. The van der Waals surface area contributed by atoms with Gasteiger partial charge in [-0.1, -0.05) is 212 Å². The first kappa shape index (κ1) is 36.1. The average Bonchev–Trinajstić information content (AvgIpc) is 3.34. The molecule has 1 nitrogen and oxygen atoms in total. The third-order valence-electron chi connectivity index (χ3n) is 12.0. The predicted molar refractivity (Wildman–Crippen MR) is 261 cm³/mol. The van der Waals surface area contributed by atoms with Crippen molar-refractivity contribution in [3.8, 4) is 55.6 Å². The van der Waals surface area contributed by atoms with E-state index in [1.807, 2.05) is 0 Å². The number of hydrogen-bond acceptors (Lipinski definition) is 1. The molecule has 0 fully saturated rings. The van der Waals surface area contributed by atoms with Gasteiger partial charge in [0.05, 0.1) is 0 Å². The van der Waals surface area contributed by atoms with Gasteiger partial charge in [-0.15, -0.1) is 0 Å². The first-order chi connectivity index (χ1) is 30.3. The van der Waals surface area contributed by atoms with E-state index < -0.39 is 0 Å². The molecule has 286 valence electrons. The van der Waals surface area contributed by atoms with E-state index in [0.717, 1.165) is 17.1 Å². The molecule has 0 spiro atoms.